The zero-order valence-electron chi connectivity index (χ0n) is 13.1. The van der Waals surface area contributed by atoms with E-state index < -0.39 is 5.60 Å². The summed E-state index contributed by atoms with van der Waals surface area (Å²) >= 11 is 3.37. The van der Waals surface area contributed by atoms with Crippen LogP contribution < -0.4 is 9.47 Å². The van der Waals surface area contributed by atoms with E-state index in [1.165, 1.54) is 14.2 Å². The van der Waals surface area contributed by atoms with Crippen LogP contribution in [0.3, 0.4) is 0 Å². The van der Waals surface area contributed by atoms with Gasteiger partial charge in [0.25, 0.3) is 5.91 Å². The molecule has 0 heterocycles. The normalized spacial score (nSPS) is 11.2. The van der Waals surface area contributed by atoms with Crippen LogP contribution in [0.1, 0.15) is 31.1 Å². The van der Waals surface area contributed by atoms with Crippen LogP contribution in [0.4, 0.5) is 0 Å². The van der Waals surface area contributed by atoms with Crippen molar-refractivity contribution in [3.63, 3.8) is 0 Å². The summed E-state index contributed by atoms with van der Waals surface area (Å²) in [7, 11) is 3.05. The molecule has 0 aromatic heterocycles. The number of amides is 1. The van der Waals surface area contributed by atoms with E-state index in [9.17, 15) is 9.90 Å². The molecule has 0 aliphatic carbocycles. The number of hydrogen-bond acceptors (Lipinski definition) is 4. The molecule has 0 aliphatic heterocycles. The summed E-state index contributed by atoms with van der Waals surface area (Å²) in [6.07, 6.45) is 0. The van der Waals surface area contributed by atoms with Gasteiger partial charge in [-0.25, -0.2) is 0 Å². The van der Waals surface area contributed by atoms with Crippen molar-refractivity contribution in [3.05, 3.63) is 22.2 Å². The summed E-state index contributed by atoms with van der Waals surface area (Å²) in [5.41, 5.74) is -0.565. The maximum atomic E-state index is 12.7. The van der Waals surface area contributed by atoms with Gasteiger partial charge in [0.15, 0.2) is 0 Å². The van der Waals surface area contributed by atoms with Gasteiger partial charge >= 0.3 is 0 Å². The monoisotopic (exact) mass is 359 g/mol. The highest BCUT2D eigenvalue weighted by atomic mass is 79.9. The minimum Gasteiger partial charge on any atom is -0.497 e. The molecule has 0 saturated carbocycles. The Hall–Kier alpha value is -1.27. The van der Waals surface area contributed by atoms with Crippen LogP contribution in [0, 0.1) is 0 Å². The fourth-order valence-electron chi connectivity index (χ4n) is 2.02. The van der Waals surface area contributed by atoms with E-state index in [1.54, 1.807) is 30.9 Å². The molecule has 1 N–H and O–H groups in total. The quantitative estimate of drug-likeness (QED) is 0.848. The Balaban J connectivity index is 3.23. The van der Waals surface area contributed by atoms with Gasteiger partial charge in [-0.1, -0.05) is 0 Å². The summed E-state index contributed by atoms with van der Waals surface area (Å²) in [5, 5.41) is 9.94. The minimum atomic E-state index is -0.963. The van der Waals surface area contributed by atoms with Crippen molar-refractivity contribution >= 4 is 21.8 Å². The molecule has 0 atom stereocenters. The first-order chi connectivity index (χ1) is 9.73. The van der Waals surface area contributed by atoms with Crippen molar-refractivity contribution in [1.82, 2.24) is 4.90 Å². The fraction of sp³-hybridized carbons (Fsp3) is 0.533. The Morgan fingerprint density at radius 2 is 1.95 bits per heavy atom. The Morgan fingerprint density at radius 3 is 2.38 bits per heavy atom. The lowest BCUT2D eigenvalue weighted by Crippen LogP contribution is -2.42. The Bertz CT molecular complexity index is 511. The van der Waals surface area contributed by atoms with Crippen LogP contribution in [-0.2, 0) is 0 Å². The number of halogens is 1. The van der Waals surface area contributed by atoms with Crippen LogP contribution in [0.5, 0.6) is 11.5 Å². The molecule has 0 bridgehead atoms. The van der Waals surface area contributed by atoms with Gasteiger partial charge in [-0.3, -0.25) is 4.79 Å². The average molecular weight is 360 g/mol. The van der Waals surface area contributed by atoms with E-state index >= 15 is 0 Å². The summed E-state index contributed by atoms with van der Waals surface area (Å²) < 4.78 is 11.1. The number of nitrogens with zero attached hydrogens (tertiary/aromatic N) is 1. The molecule has 0 fully saturated rings. The maximum absolute atomic E-state index is 12.7. The smallest absolute Gasteiger partial charge is 0.257 e. The molecule has 118 valence electrons. The third-order valence-electron chi connectivity index (χ3n) is 2.93. The van der Waals surface area contributed by atoms with Gasteiger partial charge in [-0.15, -0.1) is 0 Å². The van der Waals surface area contributed by atoms with Crippen molar-refractivity contribution in [2.75, 3.05) is 27.3 Å². The molecule has 0 aliphatic rings. The van der Waals surface area contributed by atoms with Gasteiger partial charge in [0.2, 0.25) is 0 Å². The van der Waals surface area contributed by atoms with Crippen molar-refractivity contribution < 1.29 is 19.4 Å². The zero-order chi connectivity index (χ0) is 16.2. The molecule has 5 nitrogen and oxygen atoms in total. The number of carbonyl (C=O) groups is 1. The number of benzene rings is 1. The van der Waals surface area contributed by atoms with Crippen molar-refractivity contribution in [3.8, 4) is 11.5 Å². The molecular formula is C15H22BrNO4. The van der Waals surface area contributed by atoms with E-state index in [0.29, 0.717) is 28.1 Å². The Labute approximate surface area is 134 Å². The van der Waals surface area contributed by atoms with Gasteiger partial charge in [0.05, 0.1) is 29.9 Å². The predicted molar refractivity (Wildman–Crippen MR) is 85.1 cm³/mol. The first-order valence-corrected chi connectivity index (χ1v) is 7.46. The van der Waals surface area contributed by atoms with Gasteiger partial charge in [-0.05, 0) is 48.8 Å². The largest absolute Gasteiger partial charge is 0.497 e. The van der Waals surface area contributed by atoms with E-state index in [2.05, 4.69) is 15.9 Å². The number of hydrogen-bond donors (Lipinski definition) is 1. The van der Waals surface area contributed by atoms with E-state index in [-0.39, 0.29) is 12.5 Å². The third kappa shape index (κ3) is 4.61. The van der Waals surface area contributed by atoms with Crippen LogP contribution in [0.2, 0.25) is 0 Å². The molecule has 1 aromatic carbocycles. The Kier molecular flexibility index (Phi) is 6.04. The van der Waals surface area contributed by atoms with Crippen LogP contribution in [0.15, 0.2) is 16.6 Å². The second-order valence-corrected chi connectivity index (χ2v) is 6.18. The Morgan fingerprint density at radius 1 is 1.33 bits per heavy atom. The molecule has 1 rings (SSSR count). The van der Waals surface area contributed by atoms with E-state index in [0.717, 1.165) is 0 Å². The number of rotatable bonds is 6. The zero-order valence-corrected chi connectivity index (χ0v) is 14.7. The maximum Gasteiger partial charge on any atom is 0.257 e. The van der Waals surface area contributed by atoms with Crippen LogP contribution in [-0.4, -0.2) is 48.8 Å². The number of likely N-dealkylation sites (N-methyl/N-ethyl adjacent to an activating group) is 1. The predicted octanol–water partition coefficient (Wildman–Crippen LogP) is 2.70. The minimum absolute atomic E-state index is 0.212. The average Bonchev–Trinajstić information content (AvgIpc) is 2.41. The number of aliphatic hydroxyl groups is 1. The van der Waals surface area contributed by atoms with Crippen molar-refractivity contribution in [2.45, 2.75) is 26.4 Å². The van der Waals surface area contributed by atoms with Crippen molar-refractivity contribution in [1.29, 1.82) is 0 Å². The summed E-state index contributed by atoms with van der Waals surface area (Å²) in [5.74, 6) is 0.802. The SMILES string of the molecule is CCN(CC(C)(C)O)C(=O)c1cc(OC)cc(Br)c1OC. The summed E-state index contributed by atoms with van der Waals surface area (Å²) in [6.45, 7) is 5.93. The highest BCUT2D eigenvalue weighted by Gasteiger charge is 2.26. The van der Waals surface area contributed by atoms with E-state index in [4.69, 9.17) is 9.47 Å². The molecule has 0 saturated heterocycles. The lowest BCUT2D eigenvalue weighted by atomic mass is 10.1. The molecule has 1 aromatic rings. The van der Waals surface area contributed by atoms with Gasteiger partial charge in [0, 0.05) is 13.1 Å². The first-order valence-electron chi connectivity index (χ1n) is 6.66. The van der Waals surface area contributed by atoms with Crippen LogP contribution >= 0.6 is 15.9 Å². The first kappa shape index (κ1) is 17.8. The van der Waals surface area contributed by atoms with Crippen molar-refractivity contribution in [2.24, 2.45) is 0 Å². The van der Waals surface area contributed by atoms with Crippen LogP contribution in [0.25, 0.3) is 0 Å². The number of ether oxygens (including phenoxy) is 2. The second-order valence-electron chi connectivity index (χ2n) is 5.32. The molecular weight excluding hydrogens is 338 g/mol. The van der Waals surface area contributed by atoms with Gasteiger partial charge < -0.3 is 19.5 Å². The van der Waals surface area contributed by atoms with E-state index in [1.807, 2.05) is 6.92 Å². The lowest BCUT2D eigenvalue weighted by Gasteiger charge is -2.28. The second kappa shape index (κ2) is 7.13. The molecule has 0 unspecified atom stereocenters. The molecule has 0 spiro atoms. The molecule has 1 amide bonds. The van der Waals surface area contributed by atoms with Gasteiger partial charge in [0.1, 0.15) is 11.5 Å². The summed E-state index contributed by atoms with van der Waals surface area (Å²) in [4.78, 5) is 14.3. The molecule has 21 heavy (non-hydrogen) atoms. The third-order valence-corrected chi connectivity index (χ3v) is 3.52. The fourth-order valence-corrected chi connectivity index (χ4v) is 2.62. The topological polar surface area (TPSA) is 59.0 Å². The highest BCUT2D eigenvalue weighted by molar-refractivity contribution is 9.10. The molecule has 0 radical (unpaired) electrons. The number of carbonyl (C=O) groups excluding carboxylic acids is 1. The number of methoxy groups -OCH3 is 2. The highest BCUT2D eigenvalue weighted by Crippen LogP contribution is 2.34. The van der Waals surface area contributed by atoms with Gasteiger partial charge in [-0.2, -0.15) is 0 Å². The standard InChI is InChI=1S/C15H22BrNO4/c1-6-17(9-15(2,3)19)14(18)11-7-10(20-4)8-12(16)13(11)21-5/h7-8,19H,6,9H2,1-5H3. The lowest BCUT2D eigenvalue weighted by molar-refractivity contribution is 0.0313. The summed E-state index contributed by atoms with van der Waals surface area (Å²) in [6, 6.07) is 3.38. The molecule has 6 heteroatoms.